The van der Waals surface area contributed by atoms with E-state index in [1.165, 1.54) is 18.2 Å². The minimum atomic E-state index is -3.27. The number of hydrogen-bond donors (Lipinski definition) is 1. The van der Waals surface area contributed by atoms with E-state index in [0.717, 1.165) is 6.26 Å². The van der Waals surface area contributed by atoms with Crippen LogP contribution in [0.5, 0.6) is 0 Å². The summed E-state index contributed by atoms with van der Waals surface area (Å²) in [7, 11) is -3.27. The molecule has 84 valence electrons. The highest BCUT2D eigenvalue weighted by Crippen LogP contribution is 2.22. The van der Waals surface area contributed by atoms with Crippen molar-refractivity contribution in [1.82, 2.24) is 0 Å². The summed E-state index contributed by atoms with van der Waals surface area (Å²) in [6.45, 7) is 0.240. The van der Waals surface area contributed by atoms with Crippen molar-refractivity contribution in [3.63, 3.8) is 0 Å². The first-order valence-electron chi connectivity index (χ1n) is 4.59. The van der Waals surface area contributed by atoms with Crippen molar-refractivity contribution in [1.29, 1.82) is 0 Å². The van der Waals surface area contributed by atoms with Gasteiger partial charge in [0.05, 0.1) is 4.90 Å². The molecule has 0 aliphatic rings. The largest absolute Gasteiger partial charge is 0.330 e. The predicted octanol–water partition coefficient (Wildman–Crippen LogP) is 1.45. The van der Waals surface area contributed by atoms with Gasteiger partial charge in [-0.3, -0.25) is 0 Å². The first-order valence-corrected chi connectivity index (χ1v) is 6.48. The van der Waals surface area contributed by atoms with E-state index in [9.17, 15) is 12.8 Å². The van der Waals surface area contributed by atoms with E-state index in [2.05, 4.69) is 0 Å². The van der Waals surface area contributed by atoms with Crippen LogP contribution in [-0.4, -0.2) is 21.2 Å². The van der Waals surface area contributed by atoms with Crippen molar-refractivity contribution in [2.75, 3.05) is 12.8 Å². The maximum Gasteiger partial charge on any atom is 0.175 e. The lowest BCUT2D eigenvalue weighted by atomic mass is 10.1. The molecule has 15 heavy (non-hydrogen) atoms. The number of halogens is 1. The normalized spacial score (nSPS) is 13.8. The van der Waals surface area contributed by atoms with Crippen LogP contribution in [0.4, 0.5) is 4.39 Å². The van der Waals surface area contributed by atoms with Gasteiger partial charge in [-0.2, -0.15) is 0 Å². The zero-order valence-corrected chi connectivity index (χ0v) is 9.30. The lowest BCUT2D eigenvalue weighted by molar-refractivity contribution is 0.327. The molecule has 1 rings (SSSR count). The second-order valence-electron chi connectivity index (χ2n) is 3.39. The fourth-order valence-electron chi connectivity index (χ4n) is 1.25. The lowest BCUT2D eigenvalue weighted by Crippen LogP contribution is -2.05. The van der Waals surface area contributed by atoms with Crippen molar-refractivity contribution in [2.45, 2.75) is 17.5 Å². The quantitative estimate of drug-likeness (QED) is 0.853. The molecule has 2 N–H and O–H groups in total. The molecule has 5 heteroatoms. The van der Waals surface area contributed by atoms with Crippen molar-refractivity contribution >= 4 is 9.84 Å². The molecule has 0 aliphatic carbocycles. The molecular weight excluding hydrogens is 217 g/mol. The molecule has 0 radical (unpaired) electrons. The van der Waals surface area contributed by atoms with Gasteiger partial charge in [0.2, 0.25) is 0 Å². The molecule has 0 amide bonds. The van der Waals surface area contributed by atoms with Crippen LogP contribution in [0, 0.1) is 0 Å². The van der Waals surface area contributed by atoms with Gasteiger partial charge in [0.25, 0.3) is 0 Å². The summed E-state index contributed by atoms with van der Waals surface area (Å²) in [6.07, 6.45) is 0.104. The molecule has 1 atom stereocenters. The summed E-state index contributed by atoms with van der Waals surface area (Å²) >= 11 is 0. The monoisotopic (exact) mass is 231 g/mol. The molecule has 0 saturated carbocycles. The smallest absolute Gasteiger partial charge is 0.175 e. The van der Waals surface area contributed by atoms with E-state index in [1.807, 2.05) is 0 Å². The molecule has 0 heterocycles. The fraction of sp³-hybridized carbons (Fsp3) is 0.400. The van der Waals surface area contributed by atoms with Crippen LogP contribution in [0.3, 0.4) is 0 Å². The van der Waals surface area contributed by atoms with Gasteiger partial charge in [-0.05, 0) is 30.7 Å². The van der Waals surface area contributed by atoms with Crippen molar-refractivity contribution < 1.29 is 12.8 Å². The number of alkyl halides is 1. The summed E-state index contributed by atoms with van der Waals surface area (Å²) in [5.74, 6) is 0. The summed E-state index contributed by atoms with van der Waals surface area (Å²) in [5.41, 5.74) is 5.60. The SMILES string of the molecule is CS(=O)(=O)c1cccc(C(F)CCN)c1. The Morgan fingerprint density at radius 1 is 1.47 bits per heavy atom. The van der Waals surface area contributed by atoms with Crippen molar-refractivity contribution in [2.24, 2.45) is 5.73 Å². The van der Waals surface area contributed by atoms with Gasteiger partial charge in [0.1, 0.15) is 6.17 Å². The van der Waals surface area contributed by atoms with Crippen LogP contribution >= 0.6 is 0 Å². The highest BCUT2D eigenvalue weighted by molar-refractivity contribution is 7.90. The topological polar surface area (TPSA) is 60.2 Å². The molecule has 0 spiro atoms. The van der Waals surface area contributed by atoms with E-state index in [-0.39, 0.29) is 17.9 Å². The molecule has 0 aliphatic heterocycles. The van der Waals surface area contributed by atoms with Gasteiger partial charge in [-0.1, -0.05) is 12.1 Å². The third-order valence-corrected chi connectivity index (χ3v) is 3.18. The van der Waals surface area contributed by atoms with Crippen molar-refractivity contribution in [3.05, 3.63) is 29.8 Å². The Labute approximate surface area is 89.0 Å². The predicted molar refractivity (Wildman–Crippen MR) is 57.1 cm³/mol. The van der Waals surface area contributed by atoms with Crippen LogP contribution < -0.4 is 5.73 Å². The van der Waals surface area contributed by atoms with Crippen LogP contribution in [0.1, 0.15) is 18.2 Å². The summed E-state index contributed by atoms with van der Waals surface area (Å²) < 4.78 is 35.9. The first kappa shape index (κ1) is 12.1. The Bertz CT molecular complexity index is 431. The van der Waals surface area contributed by atoms with Crippen LogP contribution in [0.15, 0.2) is 29.2 Å². The van der Waals surface area contributed by atoms with Crippen LogP contribution in [0.2, 0.25) is 0 Å². The molecule has 0 aromatic heterocycles. The van der Waals surface area contributed by atoms with E-state index in [4.69, 9.17) is 5.73 Å². The molecule has 0 bridgehead atoms. The Hall–Kier alpha value is -0.940. The highest BCUT2D eigenvalue weighted by atomic mass is 32.2. The van der Waals surface area contributed by atoms with Gasteiger partial charge in [-0.15, -0.1) is 0 Å². The molecule has 1 unspecified atom stereocenters. The first-order chi connectivity index (χ1) is 6.95. The van der Waals surface area contributed by atoms with Crippen molar-refractivity contribution in [3.8, 4) is 0 Å². The van der Waals surface area contributed by atoms with Crippen LogP contribution in [-0.2, 0) is 9.84 Å². The van der Waals surface area contributed by atoms with E-state index in [1.54, 1.807) is 6.07 Å². The number of nitrogens with two attached hydrogens (primary N) is 1. The van der Waals surface area contributed by atoms with Crippen LogP contribution in [0.25, 0.3) is 0 Å². The molecule has 0 saturated heterocycles. The third-order valence-electron chi connectivity index (χ3n) is 2.07. The minimum absolute atomic E-state index is 0.139. The van der Waals surface area contributed by atoms with Gasteiger partial charge < -0.3 is 5.73 Å². The minimum Gasteiger partial charge on any atom is -0.330 e. The zero-order valence-electron chi connectivity index (χ0n) is 8.48. The maximum atomic E-state index is 13.4. The second kappa shape index (κ2) is 4.72. The Balaban J connectivity index is 3.03. The molecule has 1 aromatic carbocycles. The molecule has 1 aromatic rings. The summed E-state index contributed by atoms with van der Waals surface area (Å²) in [6, 6.07) is 5.91. The maximum absolute atomic E-state index is 13.4. The highest BCUT2D eigenvalue weighted by Gasteiger charge is 2.12. The van der Waals surface area contributed by atoms with Gasteiger partial charge in [0, 0.05) is 6.26 Å². The Morgan fingerprint density at radius 2 is 2.13 bits per heavy atom. The molecule has 3 nitrogen and oxygen atoms in total. The fourth-order valence-corrected chi connectivity index (χ4v) is 1.93. The zero-order chi connectivity index (χ0) is 11.5. The molecule has 0 fully saturated rings. The van der Waals surface area contributed by atoms with Gasteiger partial charge >= 0.3 is 0 Å². The van der Waals surface area contributed by atoms with E-state index in [0.29, 0.717) is 5.56 Å². The van der Waals surface area contributed by atoms with E-state index >= 15 is 0 Å². The standard InChI is InChI=1S/C10H14FNO2S/c1-15(13,14)9-4-2-3-8(7-9)10(11)5-6-12/h2-4,7,10H,5-6,12H2,1H3. The Kier molecular flexibility index (Phi) is 3.82. The Morgan fingerprint density at radius 3 is 2.67 bits per heavy atom. The number of rotatable bonds is 4. The number of sulfone groups is 1. The third kappa shape index (κ3) is 3.28. The lowest BCUT2D eigenvalue weighted by Gasteiger charge is -2.08. The number of hydrogen-bond acceptors (Lipinski definition) is 3. The average molecular weight is 231 g/mol. The number of benzene rings is 1. The van der Waals surface area contributed by atoms with Gasteiger partial charge in [-0.25, -0.2) is 12.8 Å². The second-order valence-corrected chi connectivity index (χ2v) is 5.41. The van der Waals surface area contributed by atoms with Gasteiger partial charge in [0.15, 0.2) is 9.84 Å². The summed E-state index contributed by atoms with van der Waals surface area (Å²) in [5, 5.41) is 0. The molecular formula is C10H14FNO2S. The average Bonchev–Trinajstić information content (AvgIpc) is 2.17. The summed E-state index contributed by atoms with van der Waals surface area (Å²) in [4.78, 5) is 0.139. The van der Waals surface area contributed by atoms with E-state index < -0.39 is 16.0 Å².